The van der Waals surface area contributed by atoms with Crippen molar-refractivity contribution in [1.82, 2.24) is 0 Å². The maximum absolute atomic E-state index is 13.8. The summed E-state index contributed by atoms with van der Waals surface area (Å²) < 4.78 is 32.6. The van der Waals surface area contributed by atoms with Crippen LogP contribution in [0.15, 0.2) is 12.1 Å². The van der Waals surface area contributed by atoms with E-state index < -0.39 is 12.3 Å². The minimum atomic E-state index is -3.11. The van der Waals surface area contributed by atoms with Crippen molar-refractivity contribution in [3.63, 3.8) is 0 Å². The Kier molecular flexibility index (Phi) is 4.30. The topological polar surface area (TPSA) is 33.0 Å². The first-order valence-electron chi connectivity index (χ1n) is 5.01. The fourth-order valence-corrected chi connectivity index (χ4v) is 1.62. The first-order valence-corrected chi connectivity index (χ1v) is 5.39. The molecule has 0 bridgehead atoms. The Morgan fingerprint density at radius 2 is 2.12 bits per heavy atom. The lowest BCUT2D eigenvalue weighted by Gasteiger charge is -2.19. The molecular weight excluding hydrogens is 248 g/mol. The van der Waals surface area contributed by atoms with Gasteiger partial charge in [-0.1, -0.05) is 11.6 Å². The molecule has 2 nitrogen and oxygen atoms in total. The number of nitrogens with zero attached hydrogens (tertiary/aromatic N) is 1. The summed E-state index contributed by atoms with van der Waals surface area (Å²) in [7, 11) is 1.33. The van der Waals surface area contributed by atoms with Crippen molar-refractivity contribution < 1.29 is 13.5 Å². The molecule has 0 saturated heterocycles. The fraction of sp³-hybridized carbons (Fsp3) is 0.417. The van der Waals surface area contributed by atoms with E-state index in [1.165, 1.54) is 19.2 Å². The second-order valence-corrected chi connectivity index (χ2v) is 4.07. The first-order chi connectivity index (χ1) is 7.92. The average molecular weight is 260 g/mol. The van der Waals surface area contributed by atoms with Gasteiger partial charge in [0.25, 0.3) is 5.92 Å². The lowest BCUT2D eigenvalue weighted by atomic mass is 10.0. The normalized spacial score (nSPS) is 11.1. The number of hydrogen-bond acceptors (Lipinski definition) is 2. The van der Waals surface area contributed by atoms with E-state index in [1.54, 1.807) is 13.0 Å². The van der Waals surface area contributed by atoms with Crippen LogP contribution in [-0.4, -0.2) is 7.11 Å². The number of aryl methyl sites for hydroxylation is 1. The molecule has 0 aliphatic carbocycles. The van der Waals surface area contributed by atoms with E-state index in [9.17, 15) is 8.78 Å². The molecule has 0 aliphatic rings. The molecule has 1 rings (SSSR count). The van der Waals surface area contributed by atoms with E-state index >= 15 is 0 Å². The molecule has 0 aliphatic heterocycles. The van der Waals surface area contributed by atoms with Gasteiger partial charge in [0.1, 0.15) is 5.75 Å². The summed E-state index contributed by atoms with van der Waals surface area (Å²) in [6, 6.07) is 4.37. The van der Waals surface area contributed by atoms with Crippen LogP contribution in [-0.2, 0) is 5.92 Å². The Bertz CT molecular complexity index is 455. The first kappa shape index (κ1) is 13.7. The van der Waals surface area contributed by atoms with Gasteiger partial charge in [0.15, 0.2) is 0 Å². The van der Waals surface area contributed by atoms with Gasteiger partial charge < -0.3 is 4.74 Å². The van der Waals surface area contributed by atoms with Crippen molar-refractivity contribution in [2.45, 2.75) is 25.7 Å². The highest BCUT2D eigenvalue weighted by molar-refractivity contribution is 6.31. The van der Waals surface area contributed by atoms with Gasteiger partial charge in [-0.05, 0) is 24.6 Å². The predicted octanol–water partition coefficient (Wildman–Crippen LogP) is 4.05. The lowest BCUT2D eigenvalue weighted by molar-refractivity contribution is -0.0140. The highest BCUT2D eigenvalue weighted by atomic mass is 35.5. The van der Waals surface area contributed by atoms with E-state index in [0.29, 0.717) is 5.56 Å². The van der Waals surface area contributed by atoms with Crippen molar-refractivity contribution in [3.05, 3.63) is 28.3 Å². The van der Waals surface area contributed by atoms with Gasteiger partial charge >= 0.3 is 0 Å². The zero-order valence-electron chi connectivity index (χ0n) is 9.56. The van der Waals surface area contributed by atoms with Gasteiger partial charge in [-0.25, -0.2) is 8.78 Å². The fourth-order valence-electron chi connectivity index (χ4n) is 1.46. The summed E-state index contributed by atoms with van der Waals surface area (Å²) in [5.41, 5.74) is 0.397. The predicted molar refractivity (Wildman–Crippen MR) is 61.5 cm³/mol. The molecule has 5 heteroatoms. The third-order valence-corrected chi connectivity index (χ3v) is 2.83. The largest absolute Gasteiger partial charge is 0.496 e. The summed E-state index contributed by atoms with van der Waals surface area (Å²) >= 11 is 5.83. The Labute approximate surface area is 104 Å². The lowest BCUT2D eigenvalue weighted by Crippen LogP contribution is -2.14. The molecule has 0 aromatic heterocycles. The zero-order chi connectivity index (χ0) is 13.1. The van der Waals surface area contributed by atoms with Crippen LogP contribution in [0.3, 0.4) is 0 Å². The smallest absolute Gasteiger partial charge is 0.277 e. The molecule has 92 valence electrons. The van der Waals surface area contributed by atoms with Crippen LogP contribution in [0.25, 0.3) is 0 Å². The molecule has 0 radical (unpaired) electrons. The molecule has 0 fully saturated rings. The van der Waals surface area contributed by atoms with Gasteiger partial charge in [0.2, 0.25) is 0 Å². The minimum Gasteiger partial charge on any atom is -0.496 e. The van der Waals surface area contributed by atoms with E-state index in [1.807, 2.05) is 0 Å². The molecule has 0 N–H and O–H groups in total. The van der Waals surface area contributed by atoms with Crippen LogP contribution in [0.2, 0.25) is 5.02 Å². The average Bonchev–Trinajstić information content (AvgIpc) is 2.29. The summed E-state index contributed by atoms with van der Waals surface area (Å²) in [6.45, 7) is 1.71. The molecule has 1 aromatic rings. The van der Waals surface area contributed by atoms with Crippen LogP contribution in [0, 0.1) is 18.3 Å². The van der Waals surface area contributed by atoms with E-state index in [0.717, 1.165) is 0 Å². The SMILES string of the molecule is COc1cc(C)c(Cl)cc1C(F)(F)CCC#N. The Morgan fingerprint density at radius 3 is 2.65 bits per heavy atom. The van der Waals surface area contributed by atoms with Gasteiger partial charge in [-0.15, -0.1) is 0 Å². The maximum Gasteiger partial charge on any atom is 0.277 e. The third-order valence-electron chi connectivity index (χ3n) is 2.43. The second-order valence-electron chi connectivity index (χ2n) is 3.66. The quantitative estimate of drug-likeness (QED) is 0.817. The number of nitriles is 1. The van der Waals surface area contributed by atoms with Crippen molar-refractivity contribution in [2.24, 2.45) is 0 Å². The number of halogens is 3. The van der Waals surface area contributed by atoms with Gasteiger partial charge in [-0.3, -0.25) is 0 Å². The van der Waals surface area contributed by atoms with Crippen LogP contribution < -0.4 is 4.74 Å². The van der Waals surface area contributed by atoms with Crippen LogP contribution in [0.1, 0.15) is 24.0 Å². The Balaban J connectivity index is 3.20. The second kappa shape index (κ2) is 5.33. The summed E-state index contributed by atoms with van der Waals surface area (Å²) in [5.74, 6) is -3.02. The molecule has 0 amide bonds. The monoisotopic (exact) mass is 259 g/mol. The van der Waals surface area contributed by atoms with Crippen molar-refractivity contribution in [1.29, 1.82) is 5.26 Å². The minimum absolute atomic E-state index is 0.0924. The molecule has 0 heterocycles. The number of rotatable bonds is 4. The number of methoxy groups -OCH3 is 1. The summed E-state index contributed by atoms with van der Waals surface area (Å²) in [6.07, 6.45) is -0.763. The Hall–Kier alpha value is -1.34. The van der Waals surface area contributed by atoms with Crippen molar-refractivity contribution in [3.8, 4) is 11.8 Å². The Morgan fingerprint density at radius 1 is 1.47 bits per heavy atom. The molecule has 1 aromatic carbocycles. The standard InChI is InChI=1S/C12H12ClF2NO/c1-8-6-11(17-2)9(7-10(8)13)12(14,15)4-3-5-16/h6-7H,3-4H2,1-2H3. The van der Waals surface area contributed by atoms with E-state index in [2.05, 4.69) is 0 Å². The number of benzene rings is 1. The highest BCUT2D eigenvalue weighted by Crippen LogP contribution is 2.40. The summed E-state index contributed by atoms with van der Waals surface area (Å²) in [5, 5.41) is 8.62. The molecular formula is C12H12ClF2NO. The van der Waals surface area contributed by atoms with Crippen molar-refractivity contribution in [2.75, 3.05) is 7.11 Å². The molecule has 0 atom stereocenters. The zero-order valence-corrected chi connectivity index (χ0v) is 10.3. The number of ether oxygens (including phenoxy) is 1. The van der Waals surface area contributed by atoms with E-state index in [-0.39, 0.29) is 22.8 Å². The maximum atomic E-state index is 13.8. The third kappa shape index (κ3) is 3.07. The molecule has 0 unspecified atom stereocenters. The highest BCUT2D eigenvalue weighted by Gasteiger charge is 2.34. The van der Waals surface area contributed by atoms with Crippen LogP contribution in [0.4, 0.5) is 8.78 Å². The molecule has 17 heavy (non-hydrogen) atoms. The van der Waals surface area contributed by atoms with Gasteiger partial charge in [0, 0.05) is 17.9 Å². The molecule has 0 saturated carbocycles. The van der Waals surface area contributed by atoms with Gasteiger partial charge in [0.05, 0.1) is 18.7 Å². The summed E-state index contributed by atoms with van der Waals surface area (Å²) in [4.78, 5) is 0. The van der Waals surface area contributed by atoms with E-state index in [4.69, 9.17) is 21.6 Å². The van der Waals surface area contributed by atoms with Crippen molar-refractivity contribution >= 4 is 11.6 Å². The van der Waals surface area contributed by atoms with Gasteiger partial charge in [-0.2, -0.15) is 5.26 Å². The number of alkyl halides is 2. The number of hydrogen-bond donors (Lipinski definition) is 0. The van der Waals surface area contributed by atoms with Crippen LogP contribution >= 0.6 is 11.6 Å². The molecule has 0 spiro atoms. The van der Waals surface area contributed by atoms with Crippen LogP contribution in [0.5, 0.6) is 5.75 Å².